The Bertz CT molecular complexity index is 584. The number of halogens is 3. The Morgan fingerprint density at radius 1 is 1.37 bits per heavy atom. The fourth-order valence-electron chi connectivity index (χ4n) is 2.71. The molecule has 2 N–H and O–H groups in total. The third-order valence-corrected chi connectivity index (χ3v) is 4.27. The van der Waals surface area contributed by atoms with Crippen LogP contribution >= 0.6 is 0 Å². The maximum Gasteiger partial charge on any atom is 0.416 e. The van der Waals surface area contributed by atoms with Crippen LogP contribution < -0.4 is 10.6 Å². The number of nitrogens with zero attached hydrogens (tertiary/aromatic N) is 1. The molecule has 3 nitrogen and oxygen atoms in total. The number of alkyl halides is 3. The van der Waals surface area contributed by atoms with Gasteiger partial charge in [-0.3, -0.25) is 4.99 Å². The minimum Gasteiger partial charge on any atom is -0.304 e. The summed E-state index contributed by atoms with van der Waals surface area (Å²) in [4.78, 5) is 3.98. The van der Waals surface area contributed by atoms with Crippen molar-refractivity contribution in [3.05, 3.63) is 60.4 Å². The molecule has 0 aliphatic heterocycles. The molecule has 0 aromatic carbocycles. The van der Waals surface area contributed by atoms with Crippen LogP contribution in [0.25, 0.3) is 0 Å². The molecule has 0 fully saturated rings. The lowest BCUT2D eigenvalue weighted by molar-refractivity contribution is -0.0881. The Morgan fingerprint density at radius 3 is 2.81 bits per heavy atom. The van der Waals surface area contributed by atoms with E-state index >= 15 is 0 Å². The first-order valence-corrected chi connectivity index (χ1v) is 9.28. The molecule has 150 valence electrons. The standard InChI is InChI=1S/C21H30F3N3/c1-3-20(21(22,23)24)8-5-7-18-9-11-19(12-10-18)13-16-27-17-26-15-6-14-25-4-2/h3-9,14,19,26-27H,1,10-13,15-17H2,2H3/b7-5+,14-6-,20-8+,25-4?. The van der Waals surface area contributed by atoms with Crippen LogP contribution in [0.1, 0.15) is 32.6 Å². The van der Waals surface area contributed by atoms with Crippen molar-refractivity contribution in [1.29, 1.82) is 0 Å². The average Bonchev–Trinajstić information content (AvgIpc) is 2.64. The summed E-state index contributed by atoms with van der Waals surface area (Å²) in [6, 6.07) is 0. The number of hydrogen-bond acceptors (Lipinski definition) is 3. The van der Waals surface area contributed by atoms with Gasteiger partial charge in [-0.25, -0.2) is 0 Å². The lowest BCUT2D eigenvalue weighted by Gasteiger charge is -2.20. The summed E-state index contributed by atoms with van der Waals surface area (Å²) >= 11 is 0. The molecular formula is C21H30F3N3. The summed E-state index contributed by atoms with van der Waals surface area (Å²) < 4.78 is 37.8. The zero-order valence-electron chi connectivity index (χ0n) is 15.9. The second-order valence-corrected chi connectivity index (χ2v) is 6.31. The van der Waals surface area contributed by atoms with Gasteiger partial charge in [-0.15, -0.1) is 0 Å². The topological polar surface area (TPSA) is 36.4 Å². The number of hydrogen-bond donors (Lipinski definition) is 2. The van der Waals surface area contributed by atoms with E-state index in [9.17, 15) is 13.2 Å². The van der Waals surface area contributed by atoms with Gasteiger partial charge in [0.25, 0.3) is 0 Å². The first-order valence-electron chi connectivity index (χ1n) is 9.28. The normalized spacial score (nSPS) is 19.3. The quantitative estimate of drug-likeness (QED) is 0.227. The molecule has 0 spiro atoms. The van der Waals surface area contributed by atoms with Gasteiger partial charge in [-0.2, -0.15) is 13.2 Å². The van der Waals surface area contributed by atoms with Gasteiger partial charge >= 0.3 is 6.18 Å². The molecule has 0 saturated carbocycles. The first-order chi connectivity index (χ1) is 13.0. The summed E-state index contributed by atoms with van der Waals surface area (Å²) in [5, 5.41) is 6.61. The van der Waals surface area contributed by atoms with E-state index in [4.69, 9.17) is 0 Å². The second-order valence-electron chi connectivity index (χ2n) is 6.31. The van der Waals surface area contributed by atoms with Crippen molar-refractivity contribution in [2.24, 2.45) is 10.9 Å². The molecule has 0 amide bonds. The molecule has 0 heterocycles. The van der Waals surface area contributed by atoms with Crippen molar-refractivity contribution in [3.63, 3.8) is 0 Å². The second kappa shape index (κ2) is 13.3. The molecule has 0 saturated heterocycles. The van der Waals surface area contributed by atoms with Crippen LogP contribution in [-0.2, 0) is 0 Å². The predicted octanol–water partition coefficient (Wildman–Crippen LogP) is 5.08. The third kappa shape index (κ3) is 10.7. The van der Waals surface area contributed by atoms with Crippen LogP contribution in [0.2, 0.25) is 0 Å². The summed E-state index contributed by atoms with van der Waals surface area (Å²) in [6.07, 6.45) is 12.5. The summed E-state index contributed by atoms with van der Waals surface area (Å²) in [6.45, 7) is 7.58. The molecule has 27 heavy (non-hydrogen) atoms. The molecule has 1 aliphatic rings. The van der Waals surface area contributed by atoms with E-state index in [0.717, 1.165) is 63.2 Å². The Morgan fingerprint density at radius 2 is 2.19 bits per heavy atom. The van der Waals surface area contributed by atoms with Gasteiger partial charge in [0.2, 0.25) is 0 Å². The molecule has 0 aromatic rings. The highest BCUT2D eigenvalue weighted by molar-refractivity contribution is 5.54. The molecule has 1 atom stereocenters. The molecule has 0 bridgehead atoms. The number of allylic oxidation sites excluding steroid dienone is 7. The molecule has 1 rings (SSSR count). The fourth-order valence-corrected chi connectivity index (χ4v) is 2.71. The lowest BCUT2D eigenvalue weighted by atomic mass is 9.87. The smallest absolute Gasteiger partial charge is 0.304 e. The zero-order valence-corrected chi connectivity index (χ0v) is 15.9. The molecule has 1 aliphatic carbocycles. The van der Waals surface area contributed by atoms with Gasteiger partial charge in [0.1, 0.15) is 0 Å². The SMILES string of the molecule is C=C/C(=C\C=C\C1=CCC(CCNCNC/C=C\N=CC)CC1)C(F)(F)F. The van der Waals surface area contributed by atoms with Crippen LogP contribution in [0.15, 0.2) is 65.4 Å². The highest BCUT2D eigenvalue weighted by atomic mass is 19.4. The van der Waals surface area contributed by atoms with Gasteiger partial charge in [-0.05, 0) is 45.1 Å². The molecule has 0 radical (unpaired) electrons. The highest BCUT2D eigenvalue weighted by Gasteiger charge is 2.30. The molecular weight excluding hydrogens is 351 g/mol. The Labute approximate surface area is 160 Å². The van der Waals surface area contributed by atoms with Crippen LogP contribution in [0, 0.1) is 5.92 Å². The fraction of sp³-hybridized carbons (Fsp3) is 0.476. The van der Waals surface area contributed by atoms with Gasteiger partial charge in [-0.1, -0.05) is 48.6 Å². The summed E-state index contributed by atoms with van der Waals surface area (Å²) in [7, 11) is 0. The van der Waals surface area contributed by atoms with E-state index in [1.807, 2.05) is 13.0 Å². The lowest BCUT2D eigenvalue weighted by Crippen LogP contribution is -2.30. The minimum absolute atomic E-state index is 0.628. The molecule has 0 aromatic heterocycles. The van der Waals surface area contributed by atoms with E-state index < -0.39 is 11.7 Å². The molecule has 6 heteroatoms. The van der Waals surface area contributed by atoms with E-state index in [0.29, 0.717) is 5.92 Å². The number of nitrogens with one attached hydrogen (secondary N) is 2. The Hall–Kier alpha value is -1.92. The molecule has 1 unspecified atom stereocenters. The van der Waals surface area contributed by atoms with Gasteiger partial charge < -0.3 is 10.6 Å². The van der Waals surface area contributed by atoms with Crippen molar-refractivity contribution in [3.8, 4) is 0 Å². The number of rotatable bonds is 11. The monoisotopic (exact) mass is 381 g/mol. The summed E-state index contributed by atoms with van der Waals surface area (Å²) in [5.74, 6) is 0.628. The number of aliphatic imine (C=N–C) groups is 1. The van der Waals surface area contributed by atoms with Crippen molar-refractivity contribution in [1.82, 2.24) is 10.6 Å². The first kappa shape index (κ1) is 23.1. The maximum atomic E-state index is 12.6. The largest absolute Gasteiger partial charge is 0.416 e. The van der Waals surface area contributed by atoms with Gasteiger partial charge in [0.15, 0.2) is 0 Å². The summed E-state index contributed by atoms with van der Waals surface area (Å²) in [5.41, 5.74) is 0.380. The van der Waals surface area contributed by atoms with Crippen LogP contribution in [0.3, 0.4) is 0 Å². The van der Waals surface area contributed by atoms with Gasteiger partial charge in [0, 0.05) is 25.6 Å². The van der Waals surface area contributed by atoms with Crippen LogP contribution in [-0.4, -0.2) is 32.1 Å². The minimum atomic E-state index is -4.35. The van der Waals surface area contributed by atoms with E-state index in [-0.39, 0.29) is 0 Å². The van der Waals surface area contributed by atoms with Crippen molar-refractivity contribution in [2.75, 3.05) is 19.8 Å². The van der Waals surface area contributed by atoms with Crippen molar-refractivity contribution >= 4 is 6.21 Å². The Balaban J connectivity index is 2.23. The Kier molecular flexibility index (Phi) is 11.4. The zero-order chi connectivity index (χ0) is 20.0. The predicted molar refractivity (Wildman–Crippen MR) is 108 cm³/mol. The van der Waals surface area contributed by atoms with Crippen molar-refractivity contribution < 1.29 is 13.2 Å². The van der Waals surface area contributed by atoms with E-state index in [2.05, 4.69) is 28.3 Å². The van der Waals surface area contributed by atoms with Gasteiger partial charge in [0.05, 0.1) is 5.57 Å². The van der Waals surface area contributed by atoms with Crippen LogP contribution in [0.5, 0.6) is 0 Å². The van der Waals surface area contributed by atoms with E-state index in [1.165, 1.54) is 6.08 Å². The third-order valence-electron chi connectivity index (χ3n) is 4.27. The van der Waals surface area contributed by atoms with Crippen molar-refractivity contribution in [2.45, 2.75) is 38.8 Å². The average molecular weight is 381 g/mol. The van der Waals surface area contributed by atoms with Crippen LogP contribution in [0.4, 0.5) is 13.2 Å². The highest BCUT2D eigenvalue weighted by Crippen LogP contribution is 2.28. The van der Waals surface area contributed by atoms with E-state index in [1.54, 1.807) is 18.5 Å². The maximum absolute atomic E-state index is 12.6.